The van der Waals surface area contributed by atoms with Crippen LogP contribution in [0.4, 0.5) is 0 Å². The number of hydrogen-bond donors (Lipinski definition) is 1. The van der Waals surface area contributed by atoms with Gasteiger partial charge in [-0.3, -0.25) is 0 Å². The Morgan fingerprint density at radius 1 is 0.821 bits per heavy atom. The van der Waals surface area contributed by atoms with Crippen molar-refractivity contribution in [3.8, 4) is 29.4 Å². The molecule has 1 N–H and O–H groups in total. The van der Waals surface area contributed by atoms with Crippen LogP contribution in [0.3, 0.4) is 0 Å². The van der Waals surface area contributed by atoms with Crippen LogP contribution in [0.2, 0.25) is 10.0 Å². The molecule has 0 saturated carbocycles. The van der Waals surface area contributed by atoms with Crippen LogP contribution in [-0.2, 0) is 17.6 Å². The first-order valence-corrected chi connectivity index (χ1v) is 13.7. The Morgan fingerprint density at radius 3 is 1.95 bits per heavy atom. The third-order valence-electron chi connectivity index (χ3n) is 5.93. The number of aromatic nitrogens is 1. The van der Waals surface area contributed by atoms with Crippen molar-refractivity contribution in [1.29, 1.82) is 0 Å². The van der Waals surface area contributed by atoms with Crippen molar-refractivity contribution >= 4 is 40.9 Å². The number of rotatable bonds is 5. The summed E-state index contributed by atoms with van der Waals surface area (Å²) in [6, 6.07) is 22.4. The lowest BCUT2D eigenvalue weighted by molar-refractivity contribution is -0.139. The fraction of sp³-hybridized carbons (Fsp3) is 0.125. The molecule has 0 atom stereocenters. The van der Waals surface area contributed by atoms with Crippen LogP contribution in [0, 0.1) is 23.7 Å². The van der Waals surface area contributed by atoms with E-state index in [1.807, 2.05) is 48.5 Å². The molecule has 1 heterocycles. The third-order valence-corrected chi connectivity index (χ3v) is 7.51. The van der Waals surface area contributed by atoms with Gasteiger partial charge in [-0.15, -0.1) is 0 Å². The van der Waals surface area contributed by atoms with E-state index in [-0.39, 0.29) is 6.61 Å². The molecule has 0 fully saturated rings. The molecule has 0 bridgehead atoms. The van der Waals surface area contributed by atoms with Gasteiger partial charge in [-0.1, -0.05) is 46.8 Å². The Morgan fingerprint density at radius 2 is 1.38 bits per heavy atom. The van der Waals surface area contributed by atoms with Crippen molar-refractivity contribution in [3.63, 3.8) is 0 Å². The van der Waals surface area contributed by atoms with Crippen LogP contribution < -0.4 is 4.74 Å². The van der Waals surface area contributed by atoms with E-state index >= 15 is 0 Å². The van der Waals surface area contributed by atoms with E-state index in [4.69, 9.17) is 33.0 Å². The maximum absolute atomic E-state index is 11.0. The van der Waals surface area contributed by atoms with Gasteiger partial charge in [0.15, 0.2) is 6.61 Å². The first kappa shape index (κ1) is 26.7. The summed E-state index contributed by atoms with van der Waals surface area (Å²) in [6.45, 7) is -0.353. The first-order chi connectivity index (χ1) is 18.9. The lowest BCUT2D eigenvalue weighted by Crippen LogP contribution is -2.10. The molecule has 0 spiro atoms. The van der Waals surface area contributed by atoms with E-state index in [1.165, 1.54) is 5.56 Å². The van der Waals surface area contributed by atoms with Gasteiger partial charge >= 0.3 is 5.97 Å². The molecular weight excluding hydrogens is 549 g/mol. The van der Waals surface area contributed by atoms with Crippen LogP contribution in [0.25, 0.3) is 0 Å². The van der Waals surface area contributed by atoms with Crippen LogP contribution in [0.15, 0.2) is 82.6 Å². The smallest absolute Gasteiger partial charge is 0.341 e. The summed E-state index contributed by atoms with van der Waals surface area (Å²) in [4.78, 5) is 17.7. The predicted molar refractivity (Wildman–Crippen MR) is 155 cm³/mol. The molecule has 4 aromatic rings. The SMILES string of the molecule is O=C(O)COc1ccc(Sc2cc(C#Cc3ccc(Cl)cc3)nc(C#Cc3ccc(Cl)cc3)c2)c2c1CCC2. The summed E-state index contributed by atoms with van der Waals surface area (Å²) < 4.78 is 5.54. The largest absolute Gasteiger partial charge is 0.482 e. The summed E-state index contributed by atoms with van der Waals surface area (Å²) in [6.07, 6.45) is 2.78. The first-order valence-electron chi connectivity index (χ1n) is 12.2. The number of hydrogen-bond acceptors (Lipinski definition) is 4. The van der Waals surface area contributed by atoms with Crippen molar-refractivity contribution in [3.05, 3.63) is 116 Å². The topological polar surface area (TPSA) is 59.4 Å². The fourth-order valence-electron chi connectivity index (χ4n) is 4.17. The second kappa shape index (κ2) is 12.3. The number of carboxylic acid groups (broad SMARTS) is 1. The summed E-state index contributed by atoms with van der Waals surface area (Å²) in [7, 11) is 0. The Bertz CT molecular complexity index is 1580. The average Bonchev–Trinajstić information content (AvgIpc) is 3.43. The van der Waals surface area contributed by atoms with Crippen LogP contribution in [-0.4, -0.2) is 22.7 Å². The van der Waals surface area contributed by atoms with Gasteiger partial charge in [0, 0.05) is 31.0 Å². The number of aliphatic carboxylic acids is 1. The number of pyridine rings is 1. The second-order valence-corrected chi connectivity index (χ2v) is 10.7. The number of halogens is 2. The third kappa shape index (κ3) is 7.16. The zero-order valence-electron chi connectivity index (χ0n) is 20.6. The van der Waals surface area contributed by atoms with Crippen LogP contribution in [0.1, 0.15) is 40.1 Å². The van der Waals surface area contributed by atoms with Gasteiger partial charge in [-0.25, -0.2) is 9.78 Å². The lowest BCUT2D eigenvalue weighted by Gasteiger charge is -2.13. The number of nitrogens with zero attached hydrogens (tertiary/aromatic N) is 1. The molecule has 4 nitrogen and oxygen atoms in total. The molecule has 1 aliphatic rings. The molecule has 0 amide bonds. The average molecular weight is 570 g/mol. The summed E-state index contributed by atoms with van der Waals surface area (Å²) in [5.74, 6) is 12.3. The van der Waals surface area contributed by atoms with Crippen molar-refractivity contribution in [2.45, 2.75) is 29.1 Å². The van der Waals surface area contributed by atoms with Crippen molar-refractivity contribution in [1.82, 2.24) is 4.98 Å². The highest BCUT2D eigenvalue weighted by Crippen LogP contribution is 2.40. The van der Waals surface area contributed by atoms with Crippen molar-refractivity contribution in [2.75, 3.05) is 6.61 Å². The maximum atomic E-state index is 11.0. The maximum Gasteiger partial charge on any atom is 0.341 e. The molecule has 192 valence electrons. The fourth-order valence-corrected chi connectivity index (χ4v) is 5.50. The lowest BCUT2D eigenvalue weighted by atomic mass is 10.1. The molecule has 0 radical (unpaired) electrons. The van der Waals surface area contributed by atoms with E-state index in [0.717, 1.165) is 45.7 Å². The van der Waals surface area contributed by atoms with Crippen LogP contribution >= 0.6 is 35.0 Å². The number of carboxylic acids is 1. The van der Waals surface area contributed by atoms with Gasteiger partial charge in [0.1, 0.15) is 17.1 Å². The molecule has 0 unspecified atom stereocenters. The van der Waals surface area contributed by atoms with Gasteiger partial charge < -0.3 is 9.84 Å². The van der Waals surface area contributed by atoms with Crippen molar-refractivity contribution < 1.29 is 14.6 Å². The molecular formula is C32H21Cl2NO3S. The zero-order chi connectivity index (χ0) is 27.2. The molecule has 0 aliphatic heterocycles. The van der Waals surface area contributed by atoms with Gasteiger partial charge in [0.2, 0.25) is 0 Å². The Kier molecular flexibility index (Phi) is 8.45. The molecule has 1 aromatic heterocycles. The number of ether oxygens (including phenoxy) is 1. The Hall–Kier alpha value is -3.87. The van der Waals surface area contributed by atoms with Gasteiger partial charge in [0.25, 0.3) is 0 Å². The molecule has 7 heteroatoms. The van der Waals surface area contributed by atoms with E-state index in [9.17, 15) is 4.79 Å². The molecule has 1 aliphatic carbocycles. The summed E-state index contributed by atoms with van der Waals surface area (Å²) in [5.41, 5.74) is 5.16. The monoisotopic (exact) mass is 569 g/mol. The number of benzene rings is 3. The Labute approximate surface area is 241 Å². The highest BCUT2D eigenvalue weighted by atomic mass is 35.5. The second-order valence-electron chi connectivity index (χ2n) is 8.74. The van der Waals surface area contributed by atoms with E-state index < -0.39 is 5.97 Å². The highest BCUT2D eigenvalue weighted by Gasteiger charge is 2.21. The molecule has 0 saturated heterocycles. The minimum Gasteiger partial charge on any atom is -0.482 e. The van der Waals surface area contributed by atoms with Gasteiger partial charge in [0.05, 0.1) is 0 Å². The van der Waals surface area contributed by atoms with E-state index in [1.54, 1.807) is 36.0 Å². The van der Waals surface area contributed by atoms with Crippen LogP contribution in [0.5, 0.6) is 5.75 Å². The summed E-state index contributed by atoms with van der Waals surface area (Å²) >= 11 is 13.6. The highest BCUT2D eigenvalue weighted by molar-refractivity contribution is 7.99. The number of fused-ring (bicyclic) bond motifs is 1. The predicted octanol–water partition coefficient (Wildman–Crippen LogP) is 7.29. The Balaban J connectivity index is 1.49. The van der Waals surface area contributed by atoms with E-state index in [0.29, 0.717) is 27.2 Å². The van der Waals surface area contributed by atoms with E-state index in [2.05, 4.69) is 28.7 Å². The van der Waals surface area contributed by atoms with Crippen molar-refractivity contribution in [2.24, 2.45) is 0 Å². The van der Waals surface area contributed by atoms with Gasteiger partial charge in [-0.2, -0.15) is 0 Å². The zero-order valence-corrected chi connectivity index (χ0v) is 23.0. The number of carbonyl (C=O) groups is 1. The standard InChI is InChI=1S/C32H21Cl2NO3S/c33-23-10-4-21(5-11-23)8-14-25-18-27(19-26(35-25)15-9-22-6-12-24(34)13-7-22)39-31-17-16-30(38-20-32(36)37)28-2-1-3-29(28)31/h4-7,10-13,16-19H,1-3,20H2,(H,36,37). The molecule has 5 rings (SSSR count). The minimum absolute atomic E-state index is 0.353. The summed E-state index contributed by atoms with van der Waals surface area (Å²) in [5, 5.41) is 10.3. The molecule has 39 heavy (non-hydrogen) atoms. The molecule has 3 aromatic carbocycles. The van der Waals surface area contributed by atoms with Gasteiger partial charge in [-0.05, 0) is 115 Å². The minimum atomic E-state index is -0.989. The normalized spacial score (nSPS) is 11.5. The quantitative estimate of drug-likeness (QED) is 0.256.